The summed E-state index contributed by atoms with van der Waals surface area (Å²) in [4.78, 5) is 4.16. The number of allylic oxidation sites excluding steroid dienone is 4. The van der Waals surface area contributed by atoms with Gasteiger partial charge in [0.15, 0.2) is 0 Å². The monoisotopic (exact) mass is 349 g/mol. The molecular formula is C23H43NO. The van der Waals surface area contributed by atoms with Crippen LogP contribution in [-0.4, -0.2) is 10.1 Å². The van der Waals surface area contributed by atoms with Crippen LogP contribution in [0.15, 0.2) is 49.7 Å². The molecule has 0 saturated heterocycles. The highest BCUT2D eigenvalue weighted by atomic mass is 16.3. The van der Waals surface area contributed by atoms with E-state index < -0.39 is 0 Å². The average Bonchev–Trinajstić information content (AvgIpc) is 2.72. The van der Waals surface area contributed by atoms with Gasteiger partial charge in [0.25, 0.3) is 0 Å². The number of rotatable bonds is 6. The molecule has 2 heteroatoms. The quantitative estimate of drug-likeness (QED) is 0.536. The lowest BCUT2D eigenvalue weighted by molar-refractivity contribution is 0.281. The first-order chi connectivity index (χ1) is 12.2. The number of aliphatic hydroxyl groups excluding tert-OH is 1. The molecule has 0 radical (unpaired) electrons. The molecule has 0 unspecified atom stereocenters. The lowest BCUT2D eigenvalue weighted by Gasteiger charge is -2.00. The lowest BCUT2D eigenvalue weighted by Crippen LogP contribution is -1.89. The molecule has 1 rings (SSSR count). The van der Waals surface area contributed by atoms with Crippen LogP contribution in [0.4, 0.5) is 0 Å². The van der Waals surface area contributed by atoms with E-state index in [0.29, 0.717) is 0 Å². The van der Waals surface area contributed by atoms with E-state index in [4.69, 9.17) is 5.11 Å². The van der Waals surface area contributed by atoms with Gasteiger partial charge in [-0.3, -0.25) is 4.98 Å². The Morgan fingerprint density at radius 1 is 1.04 bits per heavy atom. The molecule has 0 amide bonds. The third-order valence-electron chi connectivity index (χ3n) is 2.48. The van der Waals surface area contributed by atoms with Gasteiger partial charge in [-0.15, -0.1) is 0 Å². The van der Waals surface area contributed by atoms with Crippen molar-refractivity contribution < 1.29 is 5.11 Å². The van der Waals surface area contributed by atoms with Crippen molar-refractivity contribution in [2.75, 3.05) is 0 Å². The first-order valence-electron chi connectivity index (χ1n) is 9.73. The molecule has 0 bridgehead atoms. The molecule has 0 aliphatic rings. The molecule has 0 aliphatic heterocycles. The maximum atomic E-state index is 8.82. The molecule has 0 aliphatic carbocycles. The maximum absolute atomic E-state index is 8.82. The molecule has 1 heterocycles. The number of hydrogen-bond acceptors (Lipinski definition) is 2. The second kappa shape index (κ2) is 30.2. The van der Waals surface area contributed by atoms with Gasteiger partial charge in [0.05, 0.1) is 12.3 Å². The zero-order valence-corrected chi connectivity index (χ0v) is 18.1. The number of hydrogen-bond donors (Lipinski definition) is 1. The minimum atomic E-state index is 0.0161. The van der Waals surface area contributed by atoms with E-state index in [1.165, 1.54) is 19.3 Å². The predicted octanol–water partition coefficient (Wildman–Crippen LogP) is 7.60. The van der Waals surface area contributed by atoms with Crippen molar-refractivity contribution in [1.29, 1.82) is 0 Å². The Bertz CT molecular complexity index is 389. The van der Waals surface area contributed by atoms with Crippen LogP contribution in [0.3, 0.4) is 0 Å². The number of nitrogens with zero attached hydrogens (tertiary/aromatic N) is 1. The van der Waals surface area contributed by atoms with Gasteiger partial charge in [-0.25, -0.2) is 0 Å². The maximum Gasteiger partial charge on any atom is 0.0696 e. The van der Waals surface area contributed by atoms with Crippen molar-refractivity contribution in [2.45, 2.75) is 81.3 Å². The Balaban J connectivity index is -0.000000168. The lowest BCUT2D eigenvalue weighted by atomic mass is 10.1. The van der Waals surface area contributed by atoms with Gasteiger partial charge in [-0.05, 0) is 17.2 Å². The molecule has 1 N–H and O–H groups in total. The van der Waals surface area contributed by atoms with Gasteiger partial charge in [-0.2, -0.15) is 0 Å². The fourth-order valence-corrected chi connectivity index (χ4v) is 1.33. The van der Waals surface area contributed by atoms with E-state index in [1.807, 2.05) is 65.8 Å². The summed E-state index contributed by atoms with van der Waals surface area (Å²) >= 11 is 0. The van der Waals surface area contributed by atoms with Crippen LogP contribution >= 0.6 is 0 Å². The number of unbranched alkanes of at least 4 members (excludes halogenated alkanes) is 2. The third kappa shape index (κ3) is 22.3. The zero-order chi connectivity index (χ0) is 20.5. The fourth-order valence-electron chi connectivity index (χ4n) is 1.33. The molecule has 0 spiro atoms. The van der Waals surface area contributed by atoms with E-state index >= 15 is 0 Å². The molecular weight excluding hydrogens is 306 g/mol. The predicted molar refractivity (Wildman–Crippen MR) is 118 cm³/mol. The zero-order valence-electron chi connectivity index (χ0n) is 18.1. The second-order valence-electron chi connectivity index (χ2n) is 4.18. The van der Waals surface area contributed by atoms with Crippen LogP contribution in [0.5, 0.6) is 0 Å². The van der Waals surface area contributed by atoms with E-state index in [9.17, 15) is 0 Å². The Hall–Kier alpha value is -1.67. The summed E-state index contributed by atoms with van der Waals surface area (Å²) in [6.45, 7) is 23.9. The van der Waals surface area contributed by atoms with E-state index in [2.05, 4.69) is 32.0 Å². The summed E-state index contributed by atoms with van der Waals surface area (Å²) in [5, 5.41) is 8.82. The first-order valence-corrected chi connectivity index (χ1v) is 9.73. The minimum Gasteiger partial charge on any atom is -0.392 e. The van der Waals surface area contributed by atoms with Crippen LogP contribution in [-0.2, 0) is 6.61 Å². The largest absolute Gasteiger partial charge is 0.392 e. The van der Waals surface area contributed by atoms with E-state index in [1.54, 1.807) is 12.3 Å². The molecule has 0 saturated carbocycles. The third-order valence-corrected chi connectivity index (χ3v) is 2.48. The SMILES string of the molecule is C=C/C=C\C(=C)c1ccc(CO)cn1.CC.CC.CC.CCCCC. The van der Waals surface area contributed by atoms with Crippen LogP contribution in [0.1, 0.15) is 85.9 Å². The molecule has 1 aromatic rings. The highest BCUT2D eigenvalue weighted by Crippen LogP contribution is 2.11. The molecule has 25 heavy (non-hydrogen) atoms. The van der Waals surface area contributed by atoms with Crippen molar-refractivity contribution in [1.82, 2.24) is 4.98 Å². The van der Waals surface area contributed by atoms with Gasteiger partial charge in [0.2, 0.25) is 0 Å². The van der Waals surface area contributed by atoms with Crippen LogP contribution in [0, 0.1) is 0 Å². The van der Waals surface area contributed by atoms with Crippen molar-refractivity contribution in [3.8, 4) is 0 Å². The van der Waals surface area contributed by atoms with Crippen LogP contribution in [0.2, 0.25) is 0 Å². The highest BCUT2D eigenvalue weighted by Gasteiger charge is 1.96. The van der Waals surface area contributed by atoms with Gasteiger partial charge in [-0.1, -0.05) is 112 Å². The Morgan fingerprint density at radius 2 is 1.56 bits per heavy atom. The normalized spacial score (nSPS) is 8.20. The molecule has 2 nitrogen and oxygen atoms in total. The summed E-state index contributed by atoms with van der Waals surface area (Å²) in [6, 6.07) is 3.66. The van der Waals surface area contributed by atoms with Crippen molar-refractivity contribution in [2.24, 2.45) is 0 Å². The number of aromatic nitrogens is 1. The smallest absolute Gasteiger partial charge is 0.0696 e. The molecule has 0 fully saturated rings. The molecule has 0 aromatic carbocycles. The summed E-state index contributed by atoms with van der Waals surface area (Å²) in [7, 11) is 0. The van der Waals surface area contributed by atoms with Gasteiger partial charge in [0, 0.05) is 6.20 Å². The summed E-state index contributed by atoms with van der Waals surface area (Å²) in [5.41, 5.74) is 2.43. The van der Waals surface area contributed by atoms with Crippen molar-refractivity contribution >= 4 is 5.57 Å². The van der Waals surface area contributed by atoms with E-state index in [-0.39, 0.29) is 6.61 Å². The minimum absolute atomic E-state index is 0.0161. The second-order valence-corrected chi connectivity index (χ2v) is 4.18. The summed E-state index contributed by atoms with van der Waals surface area (Å²) in [6.07, 6.45) is 11.1. The highest BCUT2D eigenvalue weighted by molar-refractivity contribution is 5.69. The molecule has 0 atom stereocenters. The fraction of sp³-hybridized carbons (Fsp3) is 0.522. The van der Waals surface area contributed by atoms with Gasteiger partial charge >= 0.3 is 0 Å². The first kappa shape index (κ1) is 31.1. The molecule has 1 aromatic heterocycles. The summed E-state index contributed by atoms with van der Waals surface area (Å²) < 4.78 is 0. The van der Waals surface area contributed by atoms with Crippen molar-refractivity contribution in [3.63, 3.8) is 0 Å². The Morgan fingerprint density at radius 3 is 1.84 bits per heavy atom. The van der Waals surface area contributed by atoms with Crippen LogP contribution < -0.4 is 0 Å². The van der Waals surface area contributed by atoms with Crippen molar-refractivity contribution in [3.05, 3.63) is 61.0 Å². The van der Waals surface area contributed by atoms with Gasteiger partial charge < -0.3 is 5.11 Å². The Kier molecular flexibility index (Phi) is 37.7. The van der Waals surface area contributed by atoms with E-state index in [0.717, 1.165) is 16.8 Å². The summed E-state index contributed by atoms with van der Waals surface area (Å²) in [5.74, 6) is 0. The van der Waals surface area contributed by atoms with Gasteiger partial charge in [0.1, 0.15) is 0 Å². The molecule has 146 valence electrons. The standard InChI is InChI=1S/C12H13NO.C5H12.3C2H6/c1-3-4-5-10(2)12-7-6-11(9-14)8-13-12;1-3-5-4-2;3*1-2/h3-8,14H,1-2,9H2;3-5H2,1-2H3;3*1-2H3/b5-4-;;;;. The average molecular weight is 350 g/mol. The topological polar surface area (TPSA) is 33.1 Å². The number of pyridine rings is 1. The number of aliphatic hydroxyl groups is 1. The van der Waals surface area contributed by atoms with Crippen LogP contribution in [0.25, 0.3) is 5.57 Å². The Labute approximate surface area is 158 Å².